The number of hydrogen-bond donors (Lipinski definition) is 1. The fraction of sp³-hybridized carbons (Fsp3) is 0.382. The van der Waals surface area contributed by atoms with E-state index in [9.17, 15) is 10.1 Å². The first-order valence-electron chi connectivity index (χ1n) is 15.5. The maximum absolute atomic E-state index is 15.6. The number of aromatic nitrogens is 4. The zero-order valence-corrected chi connectivity index (χ0v) is 26.2. The van der Waals surface area contributed by atoms with E-state index in [0.717, 1.165) is 13.0 Å². The molecule has 2 fully saturated rings. The van der Waals surface area contributed by atoms with Crippen LogP contribution in [0.3, 0.4) is 0 Å². The number of nitrogen functional groups attached to an aromatic ring is 1. The lowest BCUT2D eigenvalue weighted by Gasteiger charge is -2.45. The van der Waals surface area contributed by atoms with E-state index in [1.54, 1.807) is 39.9 Å². The smallest absolute Gasteiger partial charge is 0.264 e. The van der Waals surface area contributed by atoms with E-state index in [2.05, 4.69) is 27.9 Å². The number of para-hydroxylation sites is 1. The molecule has 46 heavy (non-hydrogen) atoms. The molecular weight excluding hydrogens is 587 g/mol. The molecule has 2 saturated heterocycles. The highest BCUT2D eigenvalue weighted by atomic mass is 19.1. The second-order valence-corrected chi connectivity index (χ2v) is 12.1. The molecule has 0 spiro atoms. The van der Waals surface area contributed by atoms with E-state index in [0.29, 0.717) is 54.4 Å². The van der Waals surface area contributed by atoms with Crippen molar-refractivity contribution in [1.29, 1.82) is 5.26 Å². The summed E-state index contributed by atoms with van der Waals surface area (Å²) in [5.74, 6) is 0.245. The number of rotatable bonds is 10. The summed E-state index contributed by atoms with van der Waals surface area (Å²) in [5.41, 5.74) is 6.83. The van der Waals surface area contributed by atoms with Crippen LogP contribution in [0.5, 0.6) is 11.5 Å². The van der Waals surface area contributed by atoms with Crippen molar-refractivity contribution in [3.8, 4) is 28.8 Å². The third-order valence-corrected chi connectivity index (χ3v) is 8.75. The molecule has 12 heteroatoms. The number of nitrogens with zero attached hydrogens (tertiary/aromatic N) is 7. The van der Waals surface area contributed by atoms with Crippen molar-refractivity contribution < 1.29 is 18.7 Å². The van der Waals surface area contributed by atoms with E-state index in [1.165, 1.54) is 12.4 Å². The molecule has 6 rings (SSSR count). The average Bonchev–Trinajstić information content (AvgIpc) is 3.63. The van der Waals surface area contributed by atoms with Gasteiger partial charge in [-0.25, -0.2) is 19.0 Å². The van der Waals surface area contributed by atoms with Gasteiger partial charge in [0.15, 0.2) is 5.65 Å². The van der Waals surface area contributed by atoms with E-state index < -0.39 is 11.4 Å². The van der Waals surface area contributed by atoms with Crippen LogP contribution in [0.2, 0.25) is 0 Å². The lowest BCUT2D eigenvalue weighted by molar-refractivity contribution is -0.127. The Balaban J connectivity index is 1.27. The van der Waals surface area contributed by atoms with Gasteiger partial charge in [0.2, 0.25) is 0 Å². The first-order valence-corrected chi connectivity index (χ1v) is 15.5. The van der Waals surface area contributed by atoms with Gasteiger partial charge < -0.3 is 20.1 Å². The number of likely N-dealkylation sites (N-methyl/N-ethyl adjacent to an activating group) is 1. The molecule has 4 aromatic rings. The molecule has 1 unspecified atom stereocenters. The third-order valence-electron chi connectivity index (χ3n) is 8.75. The highest BCUT2D eigenvalue weighted by molar-refractivity contribution is 5.99. The summed E-state index contributed by atoms with van der Waals surface area (Å²) < 4.78 is 28.4. The normalized spacial score (nSPS) is 17.3. The Kier molecular flexibility index (Phi) is 8.71. The van der Waals surface area contributed by atoms with Crippen LogP contribution < -0.4 is 10.5 Å². The minimum absolute atomic E-state index is 0.105. The average molecular weight is 625 g/mol. The van der Waals surface area contributed by atoms with Gasteiger partial charge in [0.05, 0.1) is 37.2 Å². The Bertz CT molecular complexity index is 1810. The number of carbonyl (C=O) groups excluding carboxylic acids is 1. The second kappa shape index (κ2) is 12.9. The molecule has 0 saturated carbocycles. The largest absolute Gasteiger partial charge is 0.457 e. The molecule has 238 valence electrons. The number of nitrogens with two attached hydrogens (primary N) is 1. The standard InChI is InChI=1S/C34H37FN8O3/c1-4-42(24-19-45-20-24)34(2,3)16-22(17-36)33(44)41-14-8-9-23(41)18-43-32-29(31(37)38-21-39-32)30(40-43)27-13-12-26(15-28(27)35)46-25-10-6-5-7-11-25/h5-7,10-13,15-16,21,23-24H,4,8-9,14,18-20H2,1-3H3,(H2,37,38,39). The number of halogens is 1. The van der Waals surface area contributed by atoms with Crippen molar-refractivity contribution in [3.63, 3.8) is 0 Å². The Morgan fingerprint density at radius 2 is 2.00 bits per heavy atom. The highest BCUT2D eigenvalue weighted by Gasteiger charge is 2.37. The summed E-state index contributed by atoms with van der Waals surface area (Å²) >= 11 is 0. The lowest BCUT2D eigenvalue weighted by atomic mass is 9.95. The second-order valence-electron chi connectivity index (χ2n) is 12.1. The first-order chi connectivity index (χ1) is 22.2. The molecule has 4 heterocycles. The molecule has 2 N–H and O–H groups in total. The number of benzene rings is 2. The SMILES string of the molecule is CCN(C1COC1)C(C)(C)C=C(C#N)C(=O)N1CCCC1Cn1nc(-c2ccc(Oc3ccccc3)cc2F)c2c(N)ncnc21. The van der Waals surface area contributed by atoms with Crippen molar-refractivity contribution in [2.24, 2.45) is 0 Å². The summed E-state index contributed by atoms with van der Waals surface area (Å²) in [4.78, 5) is 26.4. The van der Waals surface area contributed by atoms with Crippen molar-refractivity contribution in [3.05, 3.63) is 72.3 Å². The monoisotopic (exact) mass is 624 g/mol. The zero-order chi connectivity index (χ0) is 32.4. The molecule has 11 nitrogen and oxygen atoms in total. The Hall–Kier alpha value is -4.86. The lowest BCUT2D eigenvalue weighted by Crippen LogP contribution is -2.57. The molecule has 2 aromatic carbocycles. The van der Waals surface area contributed by atoms with E-state index in [1.807, 2.05) is 32.0 Å². The summed E-state index contributed by atoms with van der Waals surface area (Å²) in [6.07, 6.45) is 4.61. The van der Waals surface area contributed by atoms with E-state index in [-0.39, 0.29) is 41.5 Å². The van der Waals surface area contributed by atoms with Gasteiger partial charge in [0, 0.05) is 23.7 Å². The number of hydrogen-bond acceptors (Lipinski definition) is 9. The molecule has 0 bridgehead atoms. The maximum atomic E-state index is 15.6. The third kappa shape index (κ3) is 6.03. The van der Waals surface area contributed by atoms with Crippen LogP contribution in [0.1, 0.15) is 33.6 Å². The Morgan fingerprint density at radius 3 is 2.67 bits per heavy atom. The van der Waals surface area contributed by atoms with Crippen LogP contribution in [-0.4, -0.2) is 79.4 Å². The summed E-state index contributed by atoms with van der Waals surface area (Å²) in [5, 5.41) is 15.3. The molecule has 1 amide bonds. The zero-order valence-electron chi connectivity index (χ0n) is 26.2. The van der Waals surface area contributed by atoms with Crippen molar-refractivity contribution in [1.82, 2.24) is 29.5 Å². The number of anilines is 1. The van der Waals surface area contributed by atoms with Gasteiger partial charge in [-0.05, 0) is 63.6 Å². The van der Waals surface area contributed by atoms with Gasteiger partial charge in [-0.1, -0.05) is 25.1 Å². The fourth-order valence-electron chi connectivity index (χ4n) is 6.49. The van der Waals surface area contributed by atoms with Crippen LogP contribution in [0, 0.1) is 17.1 Å². The highest BCUT2D eigenvalue weighted by Crippen LogP contribution is 2.35. The van der Waals surface area contributed by atoms with Crippen molar-refractivity contribution in [2.45, 2.75) is 57.8 Å². The molecule has 0 radical (unpaired) electrons. The first kappa shape index (κ1) is 31.1. The fourth-order valence-corrected chi connectivity index (χ4v) is 6.49. The number of ether oxygens (including phenoxy) is 2. The Morgan fingerprint density at radius 1 is 1.22 bits per heavy atom. The van der Waals surface area contributed by atoms with Gasteiger partial charge in [0.25, 0.3) is 5.91 Å². The molecule has 2 aromatic heterocycles. The topological polar surface area (TPSA) is 135 Å². The van der Waals surface area contributed by atoms with Gasteiger partial charge in [0.1, 0.15) is 46.8 Å². The molecule has 2 aliphatic heterocycles. The van der Waals surface area contributed by atoms with Crippen LogP contribution in [0.25, 0.3) is 22.3 Å². The number of carbonyl (C=O) groups is 1. The predicted octanol–water partition coefficient (Wildman–Crippen LogP) is 4.95. The summed E-state index contributed by atoms with van der Waals surface area (Å²) in [6.45, 7) is 8.94. The number of fused-ring (bicyclic) bond motifs is 1. The molecule has 0 aliphatic carbocycles. The number of likely N-dealkylation sites (tertiary alicyclic amines) is 1. The molecular formula is C34H37FN8O3. The van der Waals surface area contributed by atoms with Gasteiger partial charge in [-0.2, -0.15) is 10.4 Å². The van der Waals surface area contributed by atoms with Gasteiger partial charge in [-0.3, -0.25) is 9.69 Å². The number of amides is 1. The van der Waals surface area contributed by atoms with Crippen molar-refractivity contribution >= 4 is 22.8 Å². The minimum Gasteiger partial charge on any atom is -0.457 e. The maximum Gasteiger partial charge on any atom is 0.264 e. The van der Waals surface area contributed by atoms with Crippen LogP contribution >= 0.6 is 0 Å². The summed E-state index contributed by atoms with van der Waals surface area (Å²) in [6, 6.07) is 15.9. The molecule has 1 atom stereocenters. The van der Waals surface area contributed by atoms with E-state index in [4.69, 9.17) is 20.3 Å². The quantitative estimate of drug-likeness (QED) is 0.192. The van der Waals surface area contributed by atoms with Crippen LogP contribution in [0.4, 0.5) is 10.2 Å². The molecule has 2 aliphatic rings. The predicted molar refractivity (Wildman–Crippen MR) is 171 cm³/mol. The van der Waals surface area contributed by atoms with Gasteiger partial charge >= 0.3 is 0 Å². The minimum atomic E-state index is -0.540. The van der Waals surface area contributed by atoms with Crippen molar-refractivity contribution in [2.75, 3.05) is 32.0 Å². The summed E-state index contributed by atoms with van der Waals surface area (Å²) in [7, 11) is 0. The van der Waals surface area contributed by atoms with Gasteiger partial charge in [-0.15, -0.1) is 0 Å². The van der Waals surface area contributed by atoms with Crippen LogP contribution in [-0.2, 0) is 16.1 Å². The number of nitriles is 1. The van der Waals surface area contributed by atoms with E-state index >= 15 is 4.39 Å². The Labute approximate surface area is 267 Å². The van der Waals surface area contributed by atoms with Crippen LogP contribution in [0.15, 0.2) is 66.5 Å².